The van der Waals surface area contributed by atoms with Gasteiger partial charge in [0.2, 0.25) is 11.8 Å². The molecule has 2 atom stereocenters. The lowest BCUT2D eigenvalue weighted by molar-refractivity contribution is -0.135. The SMILES string of the molecule is CN1C[C@H](c2cc(F)cc(F)c2)[C@@H](C(=O)Nc2ccncc2F)C1=O. The monoisotopic (exact) mass is 349 g/mol. The second-order valence-corrected chi connectivity index (χ2v) is 5.85. The third-order valence-corrected chi connectivity index (χ3v) is 4.14. The van der Waals surface area contributed by atoms with E-state index in [1.807, 2.05) is 0 Å². The Bertz CT molecular complexity index is 823. The molecule has 0 saturated carbocycles. The second-order valence-electron chi connectivity index (χ2n) is 5.85. The van der Waals surface area contributed by atoms with Gasteiger partial charge < -0.3 is 10.2 Å². The van der Waals surface area contributed by atoms with E-state index in [1.165, 1.54) is 24.2 Å². The van der Waals surface area contributed by atoms with Crippen molar-refractivity contribution in [2.24, 2.45) is 5.92 Å². The number of rotatable bonds is 3. The van der Waals surface area contributed by atoms with Gasteiger partial charge in [0.15, 0.2) is 5.82 Å². The first-order chi connectivity index (χ1) is 11.9. The van der Waals surface area contributed by atoms with Crippen molar-refractivity contribution in [2.45, 2.75) is 5.92 Å². The number of nitrogens with one attached hydrogen (secondary N) is 1. The van der Waals surface area contributed by atoms with E-state index in [4.69, 9.17) is 0 Å². The lowest BCUT2D eigenvalue weighted by Gasteiger charge is -2.17. The van der Waals surface area contributed by atoms with Gasteiger partial charge in [0, 0.05) is 31.8 Å². The average molecular weight is 349 g/mol. The predicted octanol–water partition coefficient (Wildman–Crippen LogP) is 2.31. The lowest BCUT2D eigenvalue weighted by atomic mass is 9.87. The number of anilines is 1. The summed E-state index contributed by atoms with van der Waals surface area (Å²) < 4.78 is 40.7. The van der Waals surface area contributed by atoms with Crippen LogP contribution >= 0.6 is 0 Å². The number of likely N-dealkylation sites (tertiary alicyclic amines) is 1. The molecule has 1 N–H and O–H groups in total. The van der Waals surface area contributed by atoms with Crippen molar-refractivity contribution < 1.29 is 22.8 Å². The summed E-state index contributed by atoms with van der Waals surface area (Å²) in [5.74, 6) is -5.53. The second kappa shape index (κ2) is 6.54. The van der Waals surface area contributed by atoms with Gasteiger partial charge in [-0.2, -0.15) is 0 Å². The zero-order valence-electron chi connectivity index (χ0n) is 13.2. The molecule has 1 aromatic carbocycles. The predicted molar refractivity (Wildman–Crippen MR) is 83.1 cm³/mol. The van der Waals surface area contributed by atoms with Crippen LogP contribution < -0.4 is 5.32 Å². The number of likely N-dealkylation sites (N-methyl/N-ethyl adjacent to an activating group) is 1. The smallest absolute Gasteiger partial charge is 0.237 e. The highest BCUT2D eigenvalue weighted by Crippen LogP contribution is 2.34. The van der Waals surface area contributed by atoms with Gasteiger partial charge in [-0.25, -0.2) is 13.2 Å². The van der Waals surface area contributed by atoms with Crippen molar-refractivity contribution in [1.29, 1.82) is 0 Å². The standard InChI is InChI=1S/C17H14F3N3O2/c1-23-8-12(9-4-10(18)6-11(19)5-9)15(17(23)25)16(24)22-14-2-3-21-7-13(14)20/h2-7,12,15H,8H2,1H3,(H,21,22,24)/t12-,15+/m1/s1. The molecule has 2 aromatic rings. The first-order valence-electron chi connectivity index (χ1n) is 7.48. The molecule has 2 heterocycles. The Labute approximate surface area is 141 Å². The Hall–Kier alpha value is -2.90. The molecule has 1 aromatic heterocycles. The minimum Gasteiger partial charge on any atom is -0.344 e. The van der Waals surface area contributed by atoms with E-state index in [9.17, 15) is 22.8 Å². The van der Waals surface area contributed by atoms with E-state index in [-0.39, 0.29) is 17.8 Å². The summed E-state index contributed by atoms with van der Waals surface area (Å²) in [6, 6.07) is 4.15. The van der Waals surface area contributed by atoms with Crippen LogP contribution in [0.5, 0.6) is 0 Å². The number of pyridine rings is 1. The van der Waals surface area contributed by atoms with Gasteiger partial charge in [-0.1, -0.05) is 0 Å². The van der Waals surface area contributed by atoms with Gasteiger partial charge in [0.25, 0.3) is 0 Å². The Balaban J connectivity index is 1.92. The average Bonchev–Trinajstić information content (AvgIpc) is 2.84. The molecule has 1 fully saturated rings. The number of benzene rings is 1. The number of carbonyl (C=O) groups is 2. The molecule has 0 aliphatic carbocycles. The van der Waals surface area contributed by atoms with Crippen molar-refractivity contribution in [3.05, 3.63) is 59.7 Å². The molecule has 3 rings (SSSR count). The third-order valence-electron chi connectivity index (χ3n) is 4.14. The summed E-state index contributed by atoms with van der Waals surface area (Å²) in [4.78, 5) is 29.8. The highest BCUT2D eigenvalue weighted by atomic mass is 19.1. The maximum atomic E-state index is 13.7. The van der Waals surface area contributed by atoms with Crippen molar-refractivity contribution in [3.8, 4) is 0 Å². The summed E-state index contributed by atoms with van der Waals surface area (Å²) in [6.07, 6.45) is 2.22. The van der Waals surface area contributed by atoms with Crippen LogP contribution in [0, 0.1) is 23.4 Å². The Kier molecular flexibility index (Phi) is 4.43. The molecule has 25 heavy (non-hydrogen) atoms. The van der Waals surface area contributed by atoms with Crippen LogP contribution in [0.2, 0.25) is 0 Å². The fraction of sp³-hybridized carbons (Fsp3) is 0.235. The van der Waals surface area contributed by atoms with E-state index in [0.717, 1.165) is 18.3 Å². The minimum absolute atomic E-state index is 0.119. The molecule has 0 bridgehead atoms. The van der Waals surface area contributed by atoms with Crippen LogP contribution in [0.1, 0.15) is 11.5 Å². The Morgan fingerprint density at radius 2 is 1.92 bits per heavy atom. The fourth-order valence-corrected chi connectivity index (χ4v) is 2.97. The quantitative estimate of drug-likeness (QED) is 0.865. The van der Waals surface area contributed by atoms with Gasteiger partial charge in [-0.05, 0) is 23.8 Å². The molecule has 8 heteroatoms. The number of nitrogens with zero attached hydrogens (tertiary/aromatic N) is 2. The van der Waals surface area contributed by atoms with Crippen molar-refractivity contribution in [3.63, 3.8) is 0 Å². The lowest BCUT2D eigenvalue weighted by Crippen LogP contribution is -2.33. The van der Waals surface area contributed by atoms with E-state index < -0.39 is 41.1 Å². The third kappa shape index (κ3) is 3.33. The van der Waals surface area contributed by atoms with Crippen LogP contribution in [0.25, 0.3) is 0 Å². The number of carbonyl (C=O) groups excluding carboxylic acids is 2. The molecule has 1 aliphatic heterocycles. The minimum atomic E-state index is -1.21. The molecule has 130 valence electrons. The molecule has 2 amide bonds. The maximum absolute atomic E-state index is 13.7. The zero-order chi connectivity index (χ0) is 18.1. The van der Waals surface area contributed by atoms with Crippen LogP contribution in [-0.2, 0) is 9.59 Å². The highest BCUT2D eigenvalue weighted by Gasteiger charge is 2.44. The summed E-state index contributed by atoms with van der Waals surface area (Å²) in [5, 5.41) is 2.34. The van der Waals surface area contributed by atoms with Crippen LogP contribution in [0.4, 0.5) is 18.9 Å². The molecule has 5 nitrogen and oxygen atoms in total. The van der Waals surface area contributed by atoms with Gasteiger partial charge in [0.05, 0.1) is 11.9 Å². The number of hydrogen-bond donors (Lipinski definition) is 1. The van der Waals surface area contributed by atoms with E-state index >= 15 is 0 Å². The van der Waals surface area contributed by atoms with Crippen molar-refractivity contribution in [1.82, 2.24) is 9.88 Å². The molecule has 1 aliphatic rings. The number of aromatic nitrogens is 1. The van der Waals surface area contributed by atoms with Gasteiger partial charge in [0.1, 0.15) is 17.6 Å². The van der Waals surface area contributed by atoms with E-state index in [2.05, 4.69) is 10.3 Å². The molecular weight excluding hydrogens is 335 g/mol. The zero-order valence-corrected chi connectivity index (χ0v) is 13.2. The molecule has 1 saturated heterocycles. The Morgan fingerprint density at radius 1 is 1.24 bits per heavy atom. The van der Waals surface area contributed by atoms with E-state index in [1.54, 1.807) is 0 Å². The van der Waals surface area contributed by atoms with Crippen LogP contribution in [-0.4, -0.2) is 35.3 Å². The topological polar surface area (TPSA) is 62.3 Å². The summed E-state index contributed by atoms with van der Waals surface area (Å²) in [5.41, 5.74) is 0.0806. The molecule has 0 spiro atoms. The van der Waals surface area contributed by atoms with E-state index in [0.29, 0.717) is 6.07 Å². The molecule has 0 unspecified atom stereocenters. The van der Waals surface area contributed by atoms with Crippen molar-refractivity contribution >= 4 is 17.5 Å². The highest BCUT2D eigenvalue weighted by molar-refractivity contribution is 6.08. The summed E-state index contributed by atoms with van der Waals surface area (Å²) in [6.45, 7) is 0.124. The normalized spacial score (nSPS) is 20.0. The summed E-state index contributed by atoms with van der Waals surface area (Å²) in [7, 11) is 1.49. The molecular formula is C17H14F3N3O2. The maximum Gasteiger partial charge on any atom is 0.237 e. The first-order valence-corrected chi connectivity index (χ1v) is 7.48. The molecule has 0 radical (unpaired) electrons. The fourth-order valence-electron chi connectivity index (χ4n) is 2.97. The van der Waals surface area contributed by atoms with Gasteiger partial charge >= 0.3 is 0 Å². The van der Waals surface area contributed by atoms with Crippen LogP contribution in [0.15, 0.2) is 36.7 Å². The van der Waals surface area contributed by atoms with Crippen LogP contribution in [0.3, 0.4) is 0 Å². The summed E-state index contributed by atoms with van der Waals surface area (Å²) >= 11 is 0. The largest absolute Gasteiger partial charge is 0.344 e. The Morgan fingerprint density at radius 3 is 2.56 bits per heavy atom. The van der Waals surface area contributed by atoms with Crippen molar-refractivity contribution in [2.75, 3.05) is 18.9 Å². The van der Waals surface area contributed by atoms with Gasteiger partial charge in [-0.3, -0.25) is 14.6 Å². The van der Waals surface area contributed by atoms with Gasteiger partial charge in [-0.15, -0.1) is 0 Å². The number of halogens is 3. The first kappa shape index (κ1) is 16.9. The number of amides is 2. The number of hydrogen-bond acceptors (Lipinski definition) is 3.